The molecule has 33 heavy (non-hydrogen) atoms. The van der Waals surface area contributed by atoms with Gasteiger partial charge in [0.2, 0.25) is 0 Å². The van der Waals surface area contributed by atoms with Crippen molar-refractivity contribution < 1.29 is 14.3 Å². The molecule has 0 fully saturated rings. The maximum absolute atomic E-state index is 12.0. The molecule has 172 valence electrons. The zero-order valence-corrected chi connectivity index (χ0v) is 19.7. The minimum Gasteiger partial charge on any atom is -0.484 e. The maximum atomic E-state index is 12.0. The number of ether oxygens (including phenoxy) is 1. The van der Waals surface area contributed by atoms with Crippen LogP contribution < -0.4 is 15.5 Å². The van der Waals surface area contributed by atoms with E-state index >= 15 is 0 Å². The highest BCUT2D eigenvalue weighted by molar-refractivity contribution is 7.14. The fourth-order valence-electron chi connectivity index (χ4n) is 3.95. The second kappa shape index (κ2) is 10.5. The number of aromatic nitrogens is 1. The number of benzene rings is 1. The summed E-state index contributed by atoms with van der Waals surface area (Å²) in [7, 11) is 0. The molecule has 0 radical (unpaired) electrons. The molecule has 1 aliphatic carbocycles. The zero-order valence-electron chi connectivity index (χ0n) is 18.9. The number of hydrogen-bond acceptors (Lipinski definition) is 5. The van der Waals surface area contributed by atoms with Gasteiger partial charge in [-0.25, -0.2) is 5.43 Å². The van der Waals surface area contributed by atoms with Gasteiger partial charge in [0.25, 0.3) is 11.8 Å². The number of thiophene rings is 1. The Morgan fingerprint density at radius 1 is 1.12 bits per heavy atom. The van der Waals surface area contributed by atoms with Gasteiger partial charge in [0.1, 0.15) is 5.75 Å². The van der Waals surface area contributed by atoms with Crippen molar-refractivity contribution in [2.45, 2.75) is 39.5 Å². The Balaban J connectivity index is 1.28. The van der Waals surface area contributed by atoms with Crippen LogP contribution in [0.3, 0.4) is 0 Å². The van der Waals surface area contributed by atoms with Gasteiger partial charge in [0, 0.05) is 21.8 Å². The molecule has 2 amide bonds. The quantitative estimate of drug-likeness (QED) is 0.394. The van der Waals surface area contributed by atoms with Gasteiger partial charge in [-0.1, -0.05) is 18.2 Å². The topological polar surface area (TPSA) is 84.7 Å². The standard InChI is InChI=1S/C25H28N4O3S/c1-17-12-20(18(2)29(17)25-13-19-8-6-7-11-22(19)33-25)14-27-28-23(30)15-26-24(31)16-32-21-9-4-3-5-10-21/h3-5,9-10,12-14H,6-8,11,15-16H2,1-2H3,(H,26,31)(H,28,30)/b27-14-. The molecular formula is C25H28N4O3S. The Kier molecular flexibility index (Phi) is 7.24. The number of fused-ring (bicyclic) bond motifs is 1. The number of carbonyl (C=O) groups excluding carboxylic acids is 2. The molecule has 0 saturated heterocycles. The molecule has 0 unspecified atom stereocenters. The Hall–Kier alpha value is -3.39. The molecule has 2 N–H and O–H groups in total. The summed E-state index contributed by atoms with van der Waals surface area (Å²) >= 11 is 1.87. The second-order valence-corrected chi connectivity index (χ2v) is 9.19. The Morgan fingerprint density at radius 3 is 2.70 bits per heavy atom. The average Bonchev–Trinajstić information content (AvgIpc) is 3.36. The van der Waals surface area contributed by atoms with Crippen molar-refractivity contribution in [1.29, 1.82) is 0 Å². The van der Waals surface area contributed by atoms with Crippen LogP contribution in [-0.2, 0) is 22.4 Å². The fourth-order valence-corrected chi connectivity index (χ4v) is 5.32. The summed E-state index contributed by atoms with van der Waals surface area (Å²) in [5.41, 5.74) is 7.10. The summed E-state index contributed by atoms with van der Waals surface area (Å²) in [4.78, 5) is 25.4. The van der Waals surface area contributed by atoms with E-state index in [0.717, 1.165) is 17.0 Å². The lowest BCUT2D eigenvalue weighted by atomic mass is 10.00. The first kappa shape index (κ1) is 22.8. The van der Waals surface area contributed by atoms with Crippen LogP contribution in [0.1, 0.15) is 40.2 Å². The third-order valence-corrected chi connectivity index (χ3v) is 6.85. The predicted octanol–water partition coefficient (Wildman–Crippen LogP) is 3.68. The molecule has 3 aromatic rings. The Labute approximate surface area is 197 Å². The van der Waals surface area contributed by atoms with Crippen LogP contribution in [0, 0.1) is 13.8 Å². The lowest BCUT2D eigenvalue weighted by Gasteiger charge is -2.08. The van der Waals surface area contributed by atoms with Crippen LogP contribution in [0.15, 0.2) is 47.6 Å². The highest BCUT2D eigenvalue weighted by Crippen LogP contribution is 2.33. The van der Waals surface area contributed by atoms with Crippen LogP contribution in [0.25, 0.3) is 5.00 Å². The average molecular weight is 465 g/mol. The number of nitrogens with zero attached hydrogens (tertiary/aromatic N) is 2. The van der Waals surface area contributed by atoms with Crippen molar-refractivity contribution in [3.63, 3.8) is 0 Å². The van der Waals surface area contributed by atoms with Gasteiger partial charge >= 0.3 is 0 Å². The molecule has 4 rings (SSSR count). The zero-order chi connectivity index (χ0) is 23.2. The van der Waals surface area contributed by atoms with Crippen molar-refractivity contribution in [3.8, 4) is 10.8 Å². The number of hydrogen-bond donors (Lipinski definition) is 2. The van der Waals surface area contributed by atoms with E-state index in [0.29, 0.717) is 5.75 Å². The molecule has 0 atom stereocenters. The van der Waals surface area contributed by atoms with E-state index in [1.807, 2.05) is 29.5 Å². The van der Waals surface area contributed by atoms with Crippen LogP contribution in [0.5, 0.6) is 5.75 Å². The van der Waals surface area contributed by atoms with Gasteiger partial charge in [0.05, 0.1) is 17.8 Å². The minimum atomic E-state index is -0.404. The lowest BCUT2D eigenvalue weighted by molar-refractivity contribution is -0.127. The highest BCUT2D eigenvalue weighted by Gasteiger charge is 2.17. The van der Waals surface area contributed by atoms with E-state index in [9.17, 15) is 9.59 Å². The molecule has 0 bridgehead atoms. The lowest BCUT2D eigenvalue weighted by Crippen LogP contribution is -2.37. The molecular weight excluding hydrogens is 436 g/mol. The van der Waals surface area contributed by atoms with E-state index in [4.69, 9.17) is 4.74 Å². The summed E-state index contributed by atoms with van der Waals surface area (Å²) in [6.45, 7) is 3.81. The number of rotatable bonds is 8. The summed E-state index contributed by atoms with van der Waals surface area (Å²) in [5.74, 6) is -0.179. The van der Waals surface area contributed by atoms with E-state index in [1.165, 1.54) is 41.1 Å². The monoisotopic (exact) mass is 464 g/mol. The van der Waals surface area contributed by atoms with Crippen LogP contribution >= 0.6 is 11.3 Å². The molecule has 0 aliphatic heterocycles. The minimum absolute atomic E-state index is 0.154. The van der Waals surface area contributed by atoms with Crippen molar-refractivity contribution in [2.24, 2.45) is 5.10 Å². The van der Waals surface area contributed by atoms with Crippen molar-refractivity contribution >= 4 is 29.4 Å². The molecule has 1 aliphatic rings. The number of para-hydroxylation sites is 1. The first-order chi connectivity index (χ1) is 16.0. The third kappa shape index (κ3) is 5.70. The first-order valence-corrected chi connectivity index (χ1v) is 11.9. The first-order valence-electron chi connectivity index (χ1n) is 11.1. The molecule has 0 saturated carbocycles. The number of nitrogens with one attached hydrogen (secondary N) is 2. The Bertz CT molecular complexity index is 1140. The van der Waals surface area contributed by atoms with E-state index < -0.39 is 5.91 Å². The molecule has 0 spiro atoms. The van der Waals surface area contributed by atoms with E-state index in [1.54, 1.807) is 18.3 Å². The summed E-state index contributed by atoms with van der Waals surface area (Å²) in [5, 5.41) is 7.83. The highest BCUT2D eigenvalue weighted by atomic mass is 32.1. The largest absolute Gasteiger partial charge is 0.484 e. The summed E-state index contributed by atoms with van der Waals surface area (Å²) in [6.07, 6.45) is 6.53. The van der Waals surface area contributed by atoms with Gasteiger partial charge in [0.15, 0.2) is 6.61 Å². The molecule has 2 aromatic heterocycles. The summed E-state index contributed by atoms with van der Waals surface area (Å²) < 4.78 is 7.60. The van der Waals surface area contributed by atoms with Crippen molar-refractivity contribution in [2.75, 3.05) is 13.2 Å². The smallest absolute Gasteiger partial charge is 0.259 e. The molecule has 7 nitrogen and oxygen atoms in total. The van der Waals surface area contributed by atoms with Crippen molar-refractivity contribution in [3.05, 3.63) is 69.9 Å². The van der Waals surface area contributed by atoms with Gasteiger partial charge in [-0.2, -0.15) is 5.10 Å². The van der Waals surface area contributed by atoms with Gasteiger partial charge in [-0.05, 0) is 69.4 Å². The summed E-state index contributed by atoms with van der Waals surface area (Å²) in [6, 6.07) is 13.4. The van der Waals surface area contributed by atoms with Gasteiger partial charge in [-0.3, -0.25) is 9.59 Å². The number of aryl methyl sites for hydroxylation is 3. The molecule has 1 aromatic carbocycles. The number of amides is 2. The number of carbonyl (C=O) groups is 2. The van der Waals surface area contributed by atoms with Crippen LogP contribution in [0.2, 0.25) is 0 Å². The molecule has 2 heterocycles. The van der Waals surface area contributed by atoms with Crippen LogP contribution in [-0.4, -0.2) is 35.7 Å². The maximum Gasteiger partial charge on any atom is 0.259 e. The SMILES string of the molecule is Cc1cc(/C=N\NC(=O)CNC(=O)COc2ccccc2)c(C)n1-c1cc2c(s1)CCCC2. The van der Waals surface area contributed by atoms with E-state index in [-0.39, 0.29) is 19.1 Å². The van der Waals surface area contributed by atoms with E-state index in [2.05, 4.69) is 46.4 Å². The second-order valence-electron chi connectivity index (χ2n) is 8.07. The van der Waals surface area contributed by atoms with Gasteiger partial charge < -0.3 is 14.6 Å². The normalized spacial score (nSPS) is 13.0. The van der Waals surface area contributed by atoms with Gasteiger partial charge in [-0.15, -0.1) is 11.3 Å². The van der Waals surface area contributed by atoms with Crippen molar-refractivity contribution in [1.82, 2.24) is 15.3 Å². The van der Waals surface area contributed by atoms with Crippen LogP contribution in [0.4, 0.5) is 0 Å². The third-order valence-electron chi connectivity index (χ3n) is 5.63. The molecule has 8 heteroatoms. The fraction of sp³-hybridized carbons (Fsp3) is 0.320. The predicted molar refractivity (Wildman–Crippen MR) is 130 cm³/mol. The Morgan fingerprint density at radius 2 is 1.91 bits per heavy atom. The number of hydrazone groups is 1.